The van der Waals surface area contributed by atoms with E-state index < -0.39 is 6.10 Å². The molecule has 0 spiro atoms. The van der Waals surface area contributed by atoms with Crippen LogP contribution in [0.4, 0.5) is 0 Å². The Labute approximate surface area is 323 Å². The van der Waals surface area contributed by atoms with Gasteiger partial charge in [0.2, 0.25) is 0 Å². The highest BCUT2D eigenvalue weighted by Gasteiger charge is 2.19. The van der Waals surface area contributed by atoms with E-state index in [0.29, 0.717) is 19.3 Å². The van der Waals surface area contributed by atoms with E-state index in [1.165, 1.54) is 135 Å². The lowest BCUT2D eigenvalue weighted by Crippen LogP contribution is -2.30. The number of esters is 3. The first kappa shape index (κ1) is 50.4. The summed E-state index contributed by atoms with van der Waals surface area (Å²) in [6, 6.07) is 0. The van der Waals surface area contributed by atoms with Crippen LogP contribution in [0.1, 0.15) is 247 Å². The van der Waals surface area contributed by atoms with Crippen molar-refractivity contribution in [1.29, 1.82) is 0 Å². The van der Waals surface area contributed by atoms with Crippen LogP contribution in [0.25, 0.3) is 0 Å². The van der Waals surface area contributed by atoms with Crippen molar-refractivity contribution in [2.45, 2.75) is 253 Å². The molecule has 6 heteroatoms. The summed E-state index contributed by atoms with van der Waals surface area (Å²) >= 11 is 0. The lowest BCUT2D eigenvalue weighted by molar-refractivity contribution is -0.167. The Morgan fingerprint density at radius 2 is 0.635 bits per heavy atom. The van der Waals surface area contributed by atoms with Gasteiger partial charge in [-0.1, -0.05) is 208 Å². The molecule has 0 saturated heterocycles. The van der Waals surface area contributed by atoms with Crippen molar-refractivity contribution in [3.8, 4) is 0 Å². The van der Waals surface area contributed by atoms with Crippen LogP contribution < -0.4 is 0 Å². The normalized spacial score (nSPS) is 12.1. The van der Waals surface area contributed by atoms with E-state index in [1.54, 1.807) is 0 Å². The van der Waals surface area contributed by atoms with Gasteiger partial charge in [-0.15, -0.1) is 0 Å². The average molecular weight is 737 g/mol. The molecule has 0 N–H and O–H groups in total. The van der Waals surface area contributed by atoms with Crippen molar-refractivity contribution in [1.82, 2.24) is 0 Å². The molecular formula is C46H88O6. The summed E-state index contributed by atoms with van der Waals surface area (Å²) in [5, 5.41) is 0. The van der Waals surface area contributed by atoms with Crippen LogP contribution in [-0.2, 0) is 28.6 Å². The summed E-state index contributed by atoms with van der Waals surface area (Å²) in [5.41, 5.74) is 0. The molecule has 0 aromatic carbocycles. The second-order valence-corrected chi connectivity index (χ2v) is 16.6. The lowest BCUT2D eigenvalue weighted by Gasteiger charge is -2.18. The molecule has 0 heterocycles. The van der Waals surface area contributed by atoms with Crippen LogP contribution in [0.2, 0.25) is 0 Å². The van der Waals surface area contributed by atoms with Crippen LogP contribution in [0.3, 0.4) is 0 Å². The predicted octanol–water partition coefficient (Wildman–Crippen LogP) is 14.2. The molecule has 0 aliphatic rings. The largest absolute Gasteiger partial charge is 0.462 e. The third kappa shape index (κ3) is 39.6. The first-order valence-electron chi connectivity index (χ1n) is 22.7. The zero-order chi connectivity index (χ0) is 38.3. The molecule has 0 fully saturated rings. The van der Waals surface area contributed by atoms with Gasteiger partial charge in [-0.25, -0.2) is 0 Å². The second kappa shape index (κ2) is 39.1. The second-order valence-electron chi connectivity index (χ2n) is 16.6. The summed E-state index contributed by atoms with van der Waals surface area (Å²) < 4.78 is 16.7. The molecule has 0 saturated carbocycles. The minimum absolute atomic E-state index is 0.0660. The van der Waals surface area contributed by atoms with Crippen molar-refractivity contribution < 1.29 is 28.6 Å². The predicted molar refractivity (Wildman–Crippen MR) is 220 cm³/mol. The highest BCUT2D eigenvalue weighted by Crippen LogP contribution is 2.16. The van der Waals surface area contributed by atoms with Gasteiger partial charge in [0.25, 0.3) is 0 Å². The molecule has 0 aliphatic heterocycles. The number of unbranched alkanes of at least 4 members (excludes halogenated alkanes) is 25. The first-order valence-corrected chi connectivity index (χ1v) is 22.7. The van der Waals surface area contributed by atoms with Crippen molar-refractivity contribution in [3.63, 3.8) is 0 Å². The summed E-state index contributed by atoms with van der Waals surface area (Å²) in [4.78, 5) is 37.6. The molecule has 0 unspecified atom stereocenters. The number of hydrogen-bond acceptors (Lipinski definition) is 6. The number of carbonyl (C=O) groups is 3. The van der Waals surface area contributed by atoms with Crippen molar-refractivity contribution in [3.05, 3.63) is 0 Å². The van der Waals surface area contributed by atoms with E-state index in [2.05, 4.69) is 34.6 Å². The Hall–Kier alpha value is -1.59. The molecule has 0 aromatic rings. The first-order chi connectivity index (χ1) is 25.2. The maximum absolute atomic E-state index is 12.7. The van der Waals surface area contributed by atoms with Crippen LogP contribution in [-0.4, -0.2) is 37.2 Å². The number of hydrogen-bond donors (Lipinski definition) is 0. The van der Waals surface area contributed by atoms with Gasteiger partial charge in [-0.2, -0.15) is 0 Å². The Morgan fingerprint density at radius 3 is 0.942 bits per heavy atom. The fourth-order valence-electron chi connectivity index (χ4n) is 6.75. The Morgan fingerprint density at radius 1 is 0.365 bits per heavy atom. The molecule has 0 amide bonds. The Balaban J connectivity index is 4.30. The molecule has 6 nitrogen and oxygen atoms in total. The van der Waals surface area contributed by atoms with Gasteiger partial charge < -0.3 is 14.2 Å². The molecule has 0 radical (unpaired) electrons. The van der Waals surface area contributed by atoms with E-state index in [9.17, 15) is 14.4 Å². The molecular weight excluding hydrogens is 648 g/mol. The Kier molecular flexibility index (Phi) is 37.9. The number of ether oxygens (including phenoxy) is 3. The van der Waals surface area contributed by atoms with Gasteiger partial charge in [0, 0.05) is 19.3 Å². The minimum atomic E-state index is -0.761. The van der Waals surface area contributed by atoms with Gasteiger partial charge in [0.1, 0.15) is 13.2 Å². The molecule has 1 atom stereocenters. The van der Waals surface area contributed by atoms with Crippen LogP contribution in [0.5, 0.6) is 0 Å². The molecule has 0 aromatic heterocycles. The average Bonchev–Trinajstić information content (AvgIpc) is 3.11. The molecule has 0 bridgehead atoms. The fraction of sp³-hybridized carbons (Fsp3) is 0.935. The van der Waals surface area contributed by atoms with Gasteiger partial charge in [-0.05, 0) is 31.1 Å². The SMILES string of the molecule is CCCCCCCCCCCCCCCCC(=O)OC[C@H](COC(=O)CCCCCCCCCCC(C)C)OC(=O)CCCCCCCCC(C)C. The zero-order valence-corrected chi connectivity index (χ0v) is 35.4. The molecule has 0 aliphatic carbocycles. The maximum atomic E-state index is 12.7. The van der Waals surface area contributed by atoms with Crippen molar-refractivity contribution in [2.75, 3.05) is 13.2 Å². The van der Waals surface area contributed by atoms with Crippen molar-refractivity contribution >= 4 is 17.9 Å². The lowest BCUT2D eigenvalue weighted by atomic mass is 10.0. The summed E-state index contributed by atoms with van der Waals surface area (Å²) in [5.74, 6) is 0.691. The molecule has 52 heavy (non-hydrogen) atoms. The molecule has 308 valence electrons. The highest BCUT2D eigenvalue weighted by atomic mass is 16.6. The minimum Gasteiger partial charge on any atom is -0.462 e. The van der Waals surface area contributed by atoms with E-state index in [4.69, 9.17) is 14.2 Å². The third-order valence-corrected chi connectivity index (χ3v) is 10.2. The summed E-state index contributed by atoms with van der Waals surface area (Å²) in [7, 11) is 0. The standard InChI is InChI=1S/C46H88O6/c1-6-7-8-9-10-11-12-13-14-15-16-20-26-31-36-44(47)50-39-43(52-46(49)38-33-28-23-22-25-30-35-42(4)5)40-51-45(48)37-32-27-21-18-17-19-24-29-34-41(2)3/h41-43H,6-40H2,1-5H3/t43-/m1/s1. The monoisotopic (exact) mass is 737 g/mol. The topological polar surface area (TPSA) is 78.9 Å². The van der Waals surface area contributed by atoms with Gasteiger partial charge >= 0.3 is 17.9 Å². The quantitative estimate of drug-likeness (QED) is 0.0354. The summed E-state index contributed by atoms with van der Waals surface area (Å²) in [6.07, 6.45) is 36.8. The third-order valence-electron chi connectivity index (χ3n) is 10.2. The van der Waals surface area contributed by atoms with Crippen LogP contribution in [0, 0.1) is 11.8 Å². The van der Waals surface area contributed by atoms with Gasteiger partial charge in [0.05, 0.1) is 0 Å². The summed E-state index contributed by atoms with van der Waals surface area (Å²) in [6.45, 7) is 11.2. The Bertz CT molecular complexity index is 794. The number of carbonyl (C=O) groups excluding carboxylic acids is 3. The van der Waals surface area contributed by atoms with E-state index in [-0.39, 0.29) is 31.1 Å². The van der Waals surface area contributed by atoms with E-state index >= 15 is 0 Å². The highest BCUT2D eigenvalue weighted by molar-refractivity contribution is 5.71. The number of rotatable bonds is 40. The van der Waals surface area contributed by atoms with Crippen LogP contribution in [0.15, 0.2) is 0 Å². The van der Waals surface area contributed by atoms with E-state index in [0.717, 1.165) is 69.6 Å². The van der Waals surface area contributed by atoms with E-state index in [1.807, 2.05) is 0 Å². The van der Waals surface area contributed by atoms with Crippen molar-refractivity contribution in [2.24, 2.45) is 11.8 Å². The van der Waals surface area contributed by atoms with Crippen LogP contribution >= 0.6 is 0 Å². The van der Waals surface area contributed by atoms with Gasteiger partial charge in [-0.3, -0.25) is 14.4 Å². The zero-order valence-electron chi connectivity index (χ0n) is 35.4. The fourth-order valence-corrected chi connectivity index (χ4v) is 6.75. The molecule has 0 rings (SSSR count). The maximum Gasteiger partial charge on any atom is 0.306 e. The smallest absolute Gasteiger partial charge is 0.306 e. The van der Waals surface area contributed by atoms with Gasteiger partial charge in [0.15, 0.2) is 6.10 Å².